The van der Waals surface area contributed by atoms with E-state index in [4.69, 9.17) is 16.9 Å². The van der Waals surface area contributed by atoms with Gasteiger partial charge in [-0.15, -0.1) is 0 Å². The molecule has 0 heterocycles. The largest absolute Gasteiger partial charge is 0.399 e. The van der Waals surface area contributed by atoms with E-state index < -0.39 is 0 Å². The molecule has 0 aliphatic rings. The van der Waals surface area contributed by atoms with Crippen molar-refractivity contribution in [2.45, 2.75) is 6.92 Å². The van der Waals surface area contributed by atoms with Gasteiger partial charge in [0.05, 0.1) is 5.71 Å². The maximum Gasteiger partial charge on any atom is 0.124 e. The van der Waals surface area contributed by atoms with Crippen LogP contribution in [0.15, 0.2) is 36.4 Å². The van der Waals surface area contributed by atoms with Crippen LogP contribution in [0.1, 0.15) is 16.7 Å². The first-order chi connectivity index (χ1) is 8.47. The summed E-state index contributed by atoms with van der Waals surface area (Å²) in [7, 11) is 0. The predicted molar refractivity (Wildman–Crippen MR) is 72.3 cm³/mol. The molecule has 0 saturated carbocycles. The van der Waals surface area contributed by atoms with Crippen LogP contribution in [-0.2, 0) is 0 Å². The molecule has 4 heteroatoms. The summed E-state index contributed by atoms with van der Waals surface area (Å²) in [6.45, 7) is 1.78. The monoisotopic (exact) mass is 243 g/mol. The Morgan fingerprint density at radius 1 is 1.11 bits per heavy atom. The Labute approximate surface area is 105 Å². The number of halogens is 1. The van der Waals surface area contributed by atoms with Gasteiger partial charge in [0.1, 0.15) is 5.82 Å². The van der Waals surface area contributed by atoms with Gasteiger partial charge in [-0.25, -0.2) is 4.39 Å². The molecular weight excluding hydrogens is 229 g/mol. The normalized spacial score (nSPS) is 10.3. The molecule has 0 aromatic heterocycles. The quantitative estimate of drug-likeness (QED) is 0.560. The van der Waals surface area contributed by atoms with Gasteiger partial charge in [0, 0.05) is 22.5 Å². The van der Waals surface area contributed by atoms with Crippen molar-refractivity contribution in [1.29, 1.82) is 5.41 Å². The van der Waals surface area contributed by atoms with E-state index in [0.717, 1.165) is 5.56 Å². The minimum Gasteiger partial charge on any atom is -0.399 e. The SMILES string of the molecule is Cc1cc(F)cc(C(=N)c2cc(N)ccc2N)c1. The Bertz CT molecular complexity index is 600. The van der Waals surface area contributed by atoms with E-state index in [1.807, 2.05) is 0 Å². The number of hydrogen-bond acceptors (Lipinski definition) is 3. The van der Waals surface area contributed by atoms with Crippen LogP contribution in [0.3, 0.4) is 0 Å². The van der Waals surface area contributed by atoms with E-state index in [2.05, 4.69) is 0 Å². The molecule has 0 saturated heterocycles. The maximum absolute atomic E-state index is 13.3. The number of benzene rings is 2. The van der Waals surface area contributed by atoms with Crippen LogP contribution < -0.4 is 11.5 Å². The molecule has 3 nitrogen and oxygen atoms in total. The minimum absolute atomic E-state index is 0.169. The Morgan fingerprint density at radius 2 is 1.83 bits per heavy atom. The van der Waals surface area contributed by atoms with E-state index in [0.29, 0.717) is 22.5 Å². The highest BCUT2D eigenvalue weighted by Gasteiger charge is 2.10. The van der Waals surface area contributed by atoms with Gasteiger partial charge in [0.2, 0.25) is 0 Å². The highest BCUT2D eigenvalue weighted by molar-refractivity contribution is 6.14. The molecule has 2 aromatic carbocycles. The van der Waals surface area contributed by atoms with E-state index in [-0.39, 0.29) is 11.5 Å². The van der Waals surface area contributed by atoms with Crippen LogP contribution in [0, 0.1) is 18.2 Å². The molecule has 0 fully saturated rings. The lowest BCUT2D eigenvalue weighted by atomic mass is 9.99. The van der Waals surface area contributed by atoms with E-state index in [9.17, 15) is 4.39 Å². The summed E-state index contributed by atoms with van der Waals surface area (Å²) >= 11 is 0. The Kier molecular flexibility index (Phi) is 3.02. The summed E-state index contributed by atoms with van der Waals surface area (Å²) in [4.78, 5) is 0. The van der Waals surface area contributed by atoms with Crippen LogP contribution in [0.4, 0.5) is 15.8 Å². The molecule has 18 heavy (non-hydrogen) atoms. The van der Waals surface area contributed by atoms with Gasteiger partial charge in [0.15, 0.2) is 0 Å². The number of anilines is 2. The summed E-state index contributed by atoms with van der Waals surface area (Å²) in [5.41, 5.74) is 14.4. The molecule has 0 amide bonds. The van der Waals surface area contributed by atoms with Crippen molar-refractivity contribution in [2.75, 3.05) is 11.5 Å². The second kappa shape index (κ2) is 4.49. The summed E-state index contributed by atoms with van der Waals surface area (Å²) in [6, 6.07) is 9.41. The van der Waals surface area contributed by atoms with Crippen molar-refractivity contribution in [3.8, 4) is 0 Å². The Hall–Kier alpha value is -2.36. The van der Waals surface area contributed by atoms with Gasteiger partial charge >= 0.3 is 0 Å². The molecule has 5 N–H and O–H groups in total. The van der Waals surface area contributed by atoms with E-state index in [1.165, 1.54) is 12.1 Å². The molecule has 2 aromatic rings. The van der Waals surface area contributed by atoms with Crippen molar-refractivity contribution in [1.82, 2.24) is 0 Å². The lowest BCUT2D eigenvalue weighted by molar-refractivity contribution is 0.626. The minimum atomic E-state index is -0.364. The molecule has 0 aliphatic carbocycles. The third-order valence-electron chi connectivity index (χ3n) is 2.68. The zero-order valence-corrected chi connectivity index (χ0v) is 10.00. The summed E-state index contributed by atoms with van der Waals surface area (Å²) < 4.78 is 13.3. The zero-order chi connectivity index (χ0) is 13.3. The van der Waals surface area contributed by atoms with Crippen molar-refractivity contribution in [2.24, 2.45) is 0 Å². The second-order valence-electron chi connectivity index (χ2n) is 4.24. The number of hydrogen-bond donors (Lipinski definition) is 3. The topological polar surface area (TPSA) is 75.9 Å². The summed E-state index contributed by atoms with van der Waals surface area (Å²) in [5.74, 6) is -0.364. The summed E-state index contributed by atoms with van der Waals surface area (Å²) in [6.07, 6.45) is 0. The van der Waals surface area contributed by atoms with Crippen LogP contribution >= 0.6 is 0 Å². The van der Waals surface area contributed by atoms with Crippen molar-refractivity contribution < 1.29 is 4.39 Å². The fraction of sp³-hybridized carbons (Fsp3) is 0.0714. The lowest BCUT2D eigenvalue weighted by Gasteiger charge is -2.09. The third-order valence-corrected chi connectivity index (χ3v) is 2.68. The van der Waals surface area contributed by atoms with Crippen LogP contribution in [-0.4, -0.2) is 5.71 Å². The van der Waals surface area contributed by atoms with Crippen LogP contribution in [0.5, 0.6) is 0 Å². The van der Waals surface area contributed by atoms with Crippen LogP contribution in [0.2, 0.25) is 0 Å². The van der Waals surface area contributed by atoms with Gasteiger partial charge in [0.25, 0.3) is 0 Å². The molecular formula is C14H14FN3. The van der Waals surface area contributed by atoms with Gasteiger partial charge in [-0.05, 0) is 48.9 Å². The van der Waals surface area contributed by atoms with Crippen LogP contribution in [0.25, 0.3) is 0 Å². The molecule has 2 rings (SSSR count). The first-order valence-corrected chi connectivity index (χ1v) is 5.49. The number of rotatable bonds is 2. The van der Waals surface area contributed by atoms with Crippen molar-refractivity contribution in [3.63, 3.8) is 0 Å². The molecule has 0 aliphatic heterocycles. The molecule has 0 radical (unpaired) electrons. The number of nitrogen functional groups attached to an aromatic ring is 2. The Morgan fingerprint density at radius 3 is 2.50 bits per heavy atom. The standard InChI is InChI=1S/C14H14FN3/c1-8-4-9(6-10(15)5-8)14(18)12-7-11(16)2-3-13(12)17/h2-7,18H,16-17H2,1H3. The molecule has 0 spiro atoms. The van der Waals surface area contributed by atoms with Gasteiger partial charge in [-0.2, -0.15) is 0 Å². The number of nitrogens with two attached hydrogens (primary N) is 2. The first kappa shape index (κ1) is 12.1. The fourth-order valence-electron chi connectivity index (χ4n) is 1.83. The average molecular weight is 243 g/mol. The number of aryl methyl sites for hydroxylation is 1. The highest BCUT2D eigenvalue weighted by atomic mass is 19.1. The van der Waals surface area contributed by atoms with E-state index in [1.54, 1.807) is 31.2 Å². The van der Waals surface area contributed by atoms with Gasteiger partial charge in [-0.1, -0.05) is 0 Å². The molecule has 0 atom stereocenters. The lowest BCUT2D eigenvalue weighted by Crippen LogP contribution is -2.07. The number of nitrogens with one attached hydrogen (secondary N) is 1. The molecule has 0 unspecified atom stereocenters. The average Bonchev–Trinajstić information content (AvgIpc) is 2.30. The van der Waals surface area contributed by atoms with Crippen molar-refractivity contribution >= 4 is 17.1 Å². The van der Waals surface area contributed by atoms with Crippen molar-refractivity contribution in [3.05, 3.63) is 58.9 Å². The molecule has 92 valence electrons. The third kappa shape index (κ3) is 2.32. The fourth-order valence-corrected chi connectivity index (χ4v) is 1.83. The van der Waals surface area contributed by atoms with Gasteiger partial charge < -0.3 is 11.5 Å². The Balaban J connectivity index is 2.51. The van der Waals surface area contributed by atoms with Gasteiger partial charge in [-0.3, -0.25) is 5.41 Å². The summed E-state index contributed by atoms with van der Waals surface area (Å²) in [5, 5.41) is 8.10. The second-order valence-corrected chi connectivity index (χ2v) is 4.24. The smallest absolute Gasteiger partial charge is 0.124 e. The van der Waals surface area contributed by atoms with E-state index >= 15 is 0 Å². The predicted octanol–water partition coefficient (Wildman–Crippen LogP) is 2.71. The molecule has 0 bridgehead atoms. The highest BCUT2D eigenvalue weighted by Crippen LogP contribution is 2.20. The zero-order valence-electron chi connectivity index (χ0n) is 10.00. The first-order valence-electron chi connectivity index (χ1n) is 5.49. The maximum atomic E-state index is 13.3.